The molecule has 118 valence electrons. The lowest BCUT2D eigenvalue weighted by atomic mass is 9.79. The van der Waals surface area contributed by atoms with Gasteiger partial charge in [0.15, 0.2) is 5.13 Å². The number of hydrogen-bond acceptors (Lipinski definition) is 5. The minimum absolute atomic E-state index is 0. The van der Waals surface area contributed by atoms with Crippen LogP contribution >= 0.6 is 23.7 Å². The average molecular weight is 332 g/mol. The number of rotatable bonds is 5. The van der Waals surface area contributed by atoms with Gasteiger partial charge in [-0.05, 0) is 38.8 Å². The van der Waals surface area contributed by atoms with Crippen molar-refractivity contribution >= 4 is 34.8 Å². The highest BCUT2D eigenvalue weighted by molar-refractivity contribution is 7.13. The van der Waals surface area contributed by atoms with Crippen LogP contribution in [0.4, 0.5) is 5.13 Å². The zero-order chi connectivity index (χ0) is 14.0. The van der Waals surface area contributed by atoms with Crippen LogP contribution in [-0.4, -0.2) is 37.7 Å². The predicted octanol–water partition coefficient (Wildman–Crippen LogP) is 2.40. The maximum Gasteiger partial charge on any atom is 0.234 e. The van der Waals surface area contributed by atoms with Gasteiger partial charge < -0.3 is 15.4 Å². The molecule has 5 nitrogen and oxygen atoms in total. The van der Waals surface area contributed by atoms with Gasteiger partial charge in [-0.3, -0.25) is 4.79 Å². The van der Waals surface area contributed by atoms with Gasteiger partial charge in [-0.2, -0.15) is 0 Å². The van der Waals surface area contributed by atoms with Crippen molar-refractivity contribution in [1.29, 1.82) is 0 Å². The number of ether oxygens (including phenoxy) is 1. The van der Waals surface area contributed by atoms with E-state index in [1.54, 1.807) is 7.11 Å². The molecule has 1 saturated heterocycles. The van der Waals surface area contributed by atoms with E-state index in [2.05, 4.69) is 21.0 Å². The number of thiazole rings is 1. The van der Waals surface area contributed by atoms with Gasteiger partial charge >= 0.3 is 0 Å². The lowest BCUT2D eigenvalue weighted by Gasteiger charge is -2.35. The number of methoxy groups -OCH3 is 1. The molecule has 2 heterocycles. The number of carbonyl (C=O) groups excluding carboxylic acids is 1. The molecular weight excluding hydrogens is 310 g/mol. The molecule has 1 aromatic rings. The normalized spacial score (nSPS) is 20.6. The Morgan fingerprint density at radius 2 is 2.24 bits per heavy atom. The van der Waals surface area contributed by atoms with Crippen molar-refractivity contribution < 1.29 is 9.53 Å². The van der Waals surface area contributed by atoms with E-state index in [-0.39, 0.29) is 18.3 Å². The Hall–Kier alpha value is -0.690. The van der Waals surface area contributed by atoms with E-state index in [1.165, 1.54) is 24.2 Å². The first-order valence-electron chi connectivity index (χ1n) is 7.20. The van der Waals surface area contributed by atoms with E-state index >= 15 is 0 Å². The van der Waals surface area contributed by atoms with Gasteiger partial charge in [0.05, 0.1) is 17.7 Å². The number of amides is 1. The predicted molar refractivity (Wildman–Crippen MR) is 86.4 cm³/mol. The molecule has 0 bridgehead atoms. The summed E-state index contributed by atoms with van der Waals surface area (Å²) in [6.07, 6.45) is 4.09. The summed E-state index contributed by atoms with van der Waals surface area (Å²) in [6, 6.07) is 0. The summed E-state index contributed by atoms with van der Waals surface area (Å²) in [6.45, 7) is 2.20. The molecule has 21 heavy (non-hydrogen) atoms. The summed E-state index contributed by atoms with van der Waals surface area (Å²) in [5, 5.41) is 9.09. The fourth-order valence-corrected chi connectivity index (χ4v) is 3.55. The van der Waals surface area contributed by atoms with Crippen molar-refractivity contribution in [1.82, 2.24) is 10.3 Å². The van der Waals surface area contributed by atoms with Crippen LogP contribution in [-0.2, 0) is 9.53 Å². The number of nitrogens with zero attached hydrogens (tertiary/aromatic N) is 1. The molecule has 1 amide bonds. The Morgan fingerprint density at radius 1 is 1.52 bits per heavy atom. The highest BCUT2D eigenvalue weighted by atomic mass is 35.5. The SMILES string of the molecule is COCC1(C(=O)Nc2nc(C3CC3)cs2)CCNCC1.Cl. The van der Waals surface area contributed by atoms with Crippen LogP contribution < -0.4 is 10.6 Å². The van der Waals surface area contributed by atoms with Gasteiger partial charge in [-0.1, -0.05) is 0 Å². The van der Waals surface area contributed by atoms with Crippen molar-refractivity contribution in [3.8, 4) is 0 Å². The summed E-state index contributed by atoms with van der Waals surface area (Å²) in [5.74, 6) is 0.682. The van der Waals surface area contributed by atoms with Crippen molar-refractivity contribution in [2.45, 2.75) is 31.6 Å². The first-order chi connectivity index (χ1) is 9.73. The molecule has 0 atom stereocenters. The van der Waals surface area contributed by atoms with Crippen LogP contribution in [0.25, 0.3) is 0 Å². The molecule has 0 unspecified atom stereocenters. The molecule has 0 radical (unpaired) electrons. The molecule has 1 aliphatic heterocycles. The van der Waals surface area contributed by atoms with E-state index in [0.29, 0.717) is 12.5 Å². The summed E-state index contributed by atoms with van der Waals surface area (Å²) in [5.41, 5.74) is 0.724. The zero-order valence-corrected chi connectivity index (χ0v) is 13.8. The molecule has 1 aliphatic carbocycles. The minimum Gasteiger partial charge on any atom is -0.384 e. The van der Waals surface area contributed by atoms with Crippen LogP contribution in [0.3, 0.4) is 0 Å². The number of anilines is 1. The van der Waals surface area contributed by atoms with E-state index in [4.69, 9.17) is 4.74 Å². The third kappa shape index (κ3) is 3.74. The standard InChI is InChI=1S/C14H21N3O2S.ClH/c1-19-9-14(4-6-15-7-5-14)12(18)17-13-16-11(8-20-13)10-2-3-10;/h8,10,15H,2-7,9H2,1H3,(H,16,17,18);1H. The lowest BCUT2D eigenvalue weighted by Crippen LogP contribution is -2.47. The second-order valence-electron chi connectivity index (χ2n) is 5.77. The van der Waals surface area contributed by atoms with Crippen molar-refractivity contribution in [3.63, 3.8) is 0 Å². The fourth-order valence-electron chi connectivity index (χ4n) is 2.76. The second-order valence-corrected chi connectivity index (χ2v) is 6.63. The highest BCUT2D eigenvalue weighted by Gasteiger charge is 2.40. The number of nitrogens with one attached hydrogen (secondary N) is 2. The van der Waals surface area contributed by atoms with E-state index in [1.807, 2.05) is 0 Å². The molecule has 2 fully saturated rings. The number of hydrogen-bond donors (Lipinski definition) is 2. The molecule has 0 spiro atoms. The monoisotopic (exact) mass is 331 g/mol. The van der Waals surface area contributed by atoms with Gasteiger partial charge in [-0.25, -0.2) is 4.98 Å². The first-order valence-corrected chi connectivity index (χ1v) is 8.08. The van der Waals surface area contributed by atoms with Gasteiger partial charge in [0.2, 0.25) is 5.91 Å². The van der Waals surface area contributed by atoms with Gasteiger partial charge in [-0.15, -0.1) is 23.7 Å². The molecule has 2 aliphatic rings. The van der Waals surface area contributed by atoms with Crippen LogP contribution in [0.1, 0.15) is 37.3 Å². The fraction of sp³-hybridized carbons (Fsp3) is 0.714. The van der Waals surface area contributed by atoms with Gasteiger partial charge in [0.25, 0.3) is 0 Å². The van der Waals surface area contributed by atoms with E-state index in [0.717, 1.165) is 36.8 Å². The molecule has 7 heteroatoms. The summed E-state index contributed by atoms with van der Waals surface area (Å²) < 4.78 is 5.29. The zero-order valence-electron chi connectivity index (χ0n) is 12.2. The molecular formula is C14H22ClN3O2S. The summed E-state index contributed by atoms with van der Waals surface area (Å²) in [7, 11) is 1.66. The Bertz CT molecular complexity index is 479. The largest absolute Gasteiger partial charge is 0.384 e. The van der Waals surface area contributed by atoms with E-state index in [9.17, 15) is 4.79 Å². The smallest absolute Gasteiger partial charge is 0.234 e. The Morgan fingerprint density at radius 3 is 2.86 bits per heavy atom. The minimum atomic E-state index is -0.411. The lowest BCUT2D eigenvalue weighted by molar-refractivity contribution is -0.130. The third-order valence-corrected chi connectivity index (χ3v) is 4.98. The molecule has 1 aromatic heterocycles. The molecule has 3 rings (SSSR count). The van der Waals surface area contributed by atoms with Gasteiger partial charge in [0, 0.05) is 18.4 Å². The number of aromatic nitrogens is 1. The maximum absolute atomic E-state index is 12.6. The highest BCUT2D eigenvalue weighted by Crippen LogP contribution is 2.41. The van der Waals surface area contributed by atoms with Crippen LogP contribution in [0, 0.1) is 5.41 Å². The van der Waals surface area contributed by atoms with E-state index < -0.39 is 5.41 Å². The topological polar surface area (TPSA) is 63.2 Å². The van der Waals surface area contributed by atoms with Crippen LogP contribution in [0.5, 0.6) is 0 Å². The molecule has 0 aromatic carbocycles. The average Bonchev–Trinajstić information content (AvgIpc) is 3.21. The summed E-state index contributed by atoms with van der Waals surface area (Å²) >= 11 is 1.53. The molecule has 1 saturated carbocycles. The van der Waals surface area contributed by atoms with Crippen LogP contribution in [0.15, 0.2) is 5.38 Å². The van der Waals surface area contributed by atoms with Gasteiger partial charge in [0.1, 0.15) is 0 Å². The quantitative estimate of drug-likeness (QED) is 0.869. The maximum atomic E-state index is 12.6. The first kappa shape index (κ1) is 16.7. The van der Waals surface area contributed by atoms with Crippen molar-refractivity contribution in [2.24, 2.45) is 5.41 Å². The van der Waals surface area contributed by atoms with Crippen molar-refractivity contribution in [3.05, 3.63) is 11.1 Å². The Kier molecular flexibility index (Phi) is 5.60. The number of carbonyl (C=O) groups is 1. The Balaban J connectivity index is 0.00000161. The second kappa shape index (κ2) is 7.05. The Labute approximate surface area is 135 Å². The summed E-state index contributed by atoms with van der Waals surface area (Å²) in [4.78, 5) is 17.2. The van der Waals surface area contributed by atoms with Crippen molar-refractivity contribution in [2.75, 3.05) is 32.1 Å². The molecule has 2 N–H and O–H groups in total. The third-order valence-electron chi connectivity index (χ3n) is 4.20. The number of halogens is 1. The van der Waals surface area contributed by atoms with Crippen LogP contribution in [0.2, 0.25) is 0 Å². The number of piperidine rings is 1.